The lowest BCUT2D eigenvalue weighted by Crippen LogP contribution is -2.16. The summed E-state index contributed by atoms with van der Waals surface area (Å²) in [5.41, 5.74) is 14.5. The smallest absolute Gasteiger partial charge is 0.0646 e. The van der Waals surface area contributed by atoms with Gasteiger partial charge in [0.25, 0.3) is 0 Å². The molecule has 61 heavy (non-hydrogen) atoms. The van der Waals surface area contributed by atoms with E-state index in [9.17, 15) is 0 Å². The fourth-order valence-corrected chi connectivity index (χ4v) is 12.0. The standard InChI is InChI=1S/C57H40N2S2/c1-57(2)48-25-14-12-23-43(48)44-31-29-42(36-49(44)57)59(51-34-38(37-17-6-3-7-18-37)33-46-45-24-13-15-27-52(45)61-56(46)51)41-30-32-53-47(35-41)55-50(26-16-28-54(55)60-53)58(39-19-8-4-9-20-39)40-21-10-5-11-22-40/h3-36H,1-2H3. The van der Waals surface area contributed by atoms with Crippen molar-refractivity contribution in [2.24, 2.45) is 0 Å². The Labute approximate surface area is 363 Å². The molecule has 9 aromatic carbocycles. The fourth-order valence-electron chi connectivity index (χ4n) is 9.73. The molecule has 4 heteroatoms. The summed E-state index contributed by atoms with van der Waals surface area (Å²) in [6.45, 7) is 4.75. The lowest BCUT2D eigenvalue weighted by molar-refractivity contribution is 0.660. The molecule has 0 saturated heterocycles. The predicted octanol–water partition coefficient (Wildman–Crippen LogP) is 17.3. The molecule has 1 aliphatic carbocycles. The van der Waals surface area contributed by atoms with Crippen molar-refractivity contribution in [3.63, 3.8) is 0 Å². The van der Waals surface area contributed by atoms with Gasteiger partial charge in [-0.2, -0.15) is 0 Å². The lowest BCUT2D eigenvalue weighted by Gasteiger charge is -2.29. The third kappa shape index (κ3) is 5.74. The summed E-state index contributed by atoms with van der Waals surface area (Å²) < 4.78 is 5.10. The van der Waals surface area contributed by atoms with Crippen LogP contribution in [0.3, 0.4) is 0 Å². The van der Waals surface area contributed by atoms with Crippen molar-refractivity contribution in [3.8, 4) is 22.3 Å². The molecule has 0 amide bonds. The summed E-state index contributed by atoms with van der Waals surface area (Å²) >= 11 is 3.75. The van der Waals surface area contributed by atoms with E-state index in [-0.39, 0.29) is 5.41 Å². The highest BCUT2D eigenvalue weighted by molar-refractivity contribution is 7.26. The largest absolute Gasteiger partial charge is 0.310 e. The van der Waals surface area contributed by atoms with Crippen LogP contribution in [0, 0.1) is 0 Å². The maximum Gasteiger partial charge on any atom is 0.0646 e. The van der Waals surface area contributed by atoms with Gasteiger partial charge in [-0.15, -0.1) is 22.7 Å². The number of rotatable bonds is 7. The fraction of sp³-hybridized carbons (Fsp3) is 0.0526. The van der Waals surface area contributed by atoms with Crippen LogP contribution in [0.4, 0.5) is 34.1 Å². The minimum atomic E-state index is -0.146. The van der Waals surface area contributed by atoms with E-state index < -0.39 is 0 Å². The van der Waals surface area contributed by atoms with E-state index in [1.165, 1.54) is 85.1 Å². The molecular weight excluding hydrogens is 777 g/mol. The van der Waals surface area contributed by atoms with E-state index in [0.29, 0.717) is 0 Å². The first-order valence-corrected chi connectivity index (χ1v) is 22.6. The van der Waals surface area contributed by atoms with Gasteiger partial charge in [-0.3, -0.25) is 0 Å². The third-order valence-corrected chi connectivity index (χ3v) is 15.0. The second kappa shape index (κ2) is 14.1. The average molecular weight is 817 g/mol. The topological polar surface area (TPSA) is 6.48 Å². The van der Waals surface area contributed by atoms with Gasteiger partial charge in [-0.25, -0.2) is 0 Å². The van der Waals surface area contributed by atoms with Crippen molar-refractivity contribution in [2.75, 3.05) is 9.80 Å². The Balaban J connectivity index is 1.15. The van der Waals surface area contributed by atoms with Crippen molar-refractivity contribution < 1.29 is 0 Å². The van der Waals surface area contributed by atoms with Crippen LogP contribution in [0.25, 0.3) is 62.6 Å². The van der Waals surface area contributed by atoms with E-state index in [1.54, 1.807) is 0 Å². The Bertz CT molecular complexity index is 3420. The number of benzene rings is 9. The number of nitrogens with zero attached hydrogens (tertiary/aromatic N) is 2. The quantitative estimate of drug-likeness (QED) is 0.158. The molecule has 0 atom stereocenters. The number of para-hydroxylation sites is 2. The van der Waals surface area contributed by atoms with Gasteiger partial charge < -0.3 is 9.80 Å². The average Bonchev–Trinajstić information content (AvgIpc) is 3.95. The summed E-state index contributed by atoms with van der Waals surface area (Å²) in [5.74, 6) is 0. The second-order valence-electron chi connectivity index (χ2n) is 16.5. The van der Waals surface area contributed by atoms with E-state index >= 15 is 0 Å². The van der Waals surface area contributed by atoms with E-state index in [2.05, 4.69) is 230 Å². The third-order valence-electron chi connectivity index (χ3n) is 12.6. The van der Waals surface area contributed by atoms with Crippen LogP contribution in [0.5, 0.6) is 0 Å². The second-order valence-corrected chi connectivity index (χ2v) is 18.6. The number of thiophene rings is 2. The van der Waals surface area contributed by atoms with Crippen molar-refractivity contribution in [1.82, 2.24) is 0 Å². The van der Waals surface area contributed by atoms with E-state index in [0.717, 1.165) is 22.7 Å². The van der Waals surface area contributed by atoms with Gasteiger partial charge in [0.1, 0.15) is 0 Å². The zero-order chi connectivity index (χ0) is 40.7. The predicted molar refractivity (Wildman–Crippen MR) is 265 cm³/mol. The molecule has 0 bridgehead atoms. The molecule has 0 fully saturated rings. The normalized spacial score (nSPS) is 12.9. The number of fused-ring (bicyclic) bond motifs is 9. The van der Waals surface area contributed by atoms with E-state index in [1.807, 2.05) is 22.7 Å². The number of hydrogen-bond acceptors (Lipinski definition) is 4. The Morgan fingerprint density at radius 3 is 1.75 bits per heavy atom. The maximum absolute atomic E-state index is 2.54. The summed E-state index contributed by atoms with van der Waals surface area (Å²) in [4.78, 5) is 4.95. The van der Waals surface area contributed by atoms with Gasteiger partial charge in [0.15, 0.2) is 0 Å². The van der Waals surface area contributed by atoms with Crippen molar-refractivity contribution in [1.29, 1.82) is 0 Å². The first-order valence-electron chi connectivity index (χ1n) is 20.9. The molecule has 1 aliphatic rings. The van der Waals surface area contributed by atoms with Gasteiger partial charge >= 0.3 is 0 Å². The molecule has 0 N–H and O–H groups in total. The summed E-state index contributed by atoms with van der Waals surface area (Å²) in [5, 5.41) is 5.07. The Hall–Kier alpha value is -6.98. The molecule has 0 radical (unpaired) electrons. The number of hydrogen-bond donors (Lipinski definition) is 0. The van der Waals surface area contributed by atoms with Crippen LogP contribution < -0.4 is 9.80 Å². The summed E-state index contributed by atoms with van der Waals surface area (Å²) in [7, 11) is 0. The molecule has 0 unspecified atom stereocenters. The van der Waals surface area contributed by atoms with Crippen LogP contribution in [-0.2, 0) is 5.41 Å². The van der Waals surface area contributed by atoms with Crippen LogP contribution in [0.15, 0.2) is 206 Å². The molecule has 2 nitrogen and oxygen atoms in total. The van der Waals surface area contributed by atoms with Gasteiger partial charge in [0.05, 0.1) is 16.1 Å². The molecule has 0 aliphatic heterocycles. The first-order chi connectivity index (χ1) is 30.0. The van der Waals surface area contributed by atoms with Gasteiger partial charge in [-0.1, -0.05) is 135 Å². The van der Waals surface area contributed by atoms with Crippen LogP contribution in [0.2, 0.25) is 0 Å². The monoisotopic (exact) mass is 816 g/mol. The van der Waals surface area contributed by atoms with Gasteiger partial charge in [0.2, 0.25) is 0 Å². The van der Waals surface area contributed by atoms with Gasteiger partial charge in [0, 0.05) is 63.8 Å². The van der Waals surface area contributed by atoms with Crippen molar-refractivity contribution in [2.45, 2.75) is 19.3 Å². The van der Waals surface area contributed by atoms with Crippen LogP contribution >= 0.6 is 22.7 Å². The highest BCUT2D eigenvalue weighted by Crippen LogP contribution is 2.53. The molecule has 2 heterocycles. The molecule has 11 aromatic rings. The zero-order valence-electron chi connectivity index (χ0n) is 33.8. The zero-order valence-corrected chi connectivity index (χ0v) is 35.5. The maximum atomic E-state index is 2.54. The van der Waals surface area contributed by atoms with Crippen LogP contribution in [-0.4, -0.2) is 0 Å². The molecule has 2 aromatic heterocycles. The molecule has 12 rings (SSSR count). The van der Waals surface area contributed by atoms with E-state index in [4.69, 9.17) is 0 Å². The Morgan fingerprint density at radius 2 is 0.967 bits per heavy atom. The van der Waals surface area contributed by atoms with Crippen LogP contribution in [0.1, 0.15) is 25.0 Å². The molecule has 0 saturated carbocycles. The summed E-state index contributed by atoms with van der Waals surface area (Å²) in [6.07, 6.45) is 0. The molecular formula is C57H40N2S2. The van der Waals surface area contributed by atoms with Crippen molar-refractivity contribution in [3.05, 3.63) is 217 Å². The minimum absolute atomic E-state index is 0.146. The summed E-state index contributed by atoms with van der Waals surface area (Å²) in [6, 6.07) is 76.1. The highest BCUT2D eigenvalue weighted by Gasteiger charge is 2.36. The lowest BCUT2D eigenvalue weighted by atomic mass is 9.82. The first kappa shape index (κ1) is 35.9. The van der Waals surface area contributed by atoms with Gasteiger partial charge in [-0.05, 0) is 118 Å². The Kier molecular flexibility index (Phi) is 8.28. The SMILES string of the molecule is CC1(C)c2ccccc2-c2ccc(N(c3ccc4sc5cccc(N(c6ccccc6)c6ccccc6)c5c4c3)c3cc(-c4ccccc4)cc4c3sc3ccccc34)cc21. The highest BCUT2D eigenvalue weighted by atomic mass is 32.1. The molecule has 290 valence electrons. The Morgan fingerprint density at radius 1 is 0.361 bits per heavy atom. The van der Waals surface area contributed by atoms with Crippen molar-refractivity contribution >= 4 is 97.1 Å². The number of anilines is 6. The minimum Gasteiger partial charge on any atom is -0.310 e. The molecule has 0 spiro atoms.